The largest absolute Gasteiger partial charge is 0.466 e. The first kappa shape index (κ1) is 23.8. The molecule has 0 unspecified atom stereocenters. The van der Waals surface area contributed by atoms with Crippen LogP contribution in [0.3, 0.4) is 0 Å². The van der Waals surface area contributed by atoms with Crippen molar-refractivity contribution >= 4 is 5.97 Å². The van der Waals surface area contributed by atoms with Crippen LogP contribution < -0.4 is 0 Å². The second kappa shape index (κ2) is 11.7. The van der Waals surface area contributed by atoms with Gasteiger partial charge in [-0.15, -0.1) is 0 Å². The van der Waals surface area contributed by atoms with Crippen molar-refractivity contribution in [3.8, 4) is 22.8 Å². The van der Waals surface area contributed by atoms with Crippen LogP contribution in [0.2, 0.25) is 0 Å². The minimum Gasteiger partial charge on any atom is -0.466 e. The van der Waals surface area contributed by atoms with Gasteiger partial charge in [-0.2, -0.15) is 9.97 Å². The molecule has 0 spiro atoms. The molecule has 0 aliphatic rings. The Bertz CT molecular complexity index is 1150. The number of nitrogens with zero attached hydrogens (tertiary/aromatic N) is 4. The van der Waals surface area contributed by atoms with Gasteiger partial charge in [0.15, 0.2) is 0 Å². The molecule has 2 aromatic heterocycles. The summed E-state index contributed by atoms with van der Waals surface area (Å²) in [4.78, 5) is 18.9. The number of aryl methyl sites for hydroxylation is 2. The molecule has 0 saturated heterocycles. The molecular weight excluding hydrogens is 424 g/mol. The van der Waals surface area contributed by atoms with E-state index in [0.717, 1.165) is 22.3 Å². The topological polar surface area (TPSA) is 124 Å². The van der Waals surface area contributed by atoms with E-state index >= 15 is 0 Å². The summed E-state index contributed by atoms with van der Waals surface area (Å²) in [5, 5.41) is 16.4. The van der Waals surface area contributed by atoms with Crippen molar-refractivity contribution in [2.24, 2.45) is 0 Å². The van der Waals surface area contributed by atoms with Gasteiger partial charge in [0, 0.05) is 44.9 Å². The number of rotatable bonds is 7. The Kier molecular flexibility index (Phi) is 8.43. The normalized spacial score (nSPS) is 10.4. The first-order valence-corrected chi connectivity index (χ1v) is 10.5. The van der Waals surface area contributed by atoms with E-state index in [1.807, 2.05) is 48.5 Å². The number of carbonyl (C=O) groups is 1. The summed E-state index contributed by atoms with van der Waals surface area (Å²) in [7, 11) is 0. The Hall–Kier alpha value is -3.85. The molecule has 0 fully saturated rings. The van der Waals surface area contributed by atoms with Crippen molar-refractivity contribution in [1.29, 1.82) is 0 Å². The zero-order valence-corrected chi connectivity index (χ0v) is 18.8. The van der Waals surface area contributed by atoms with Crippen LogP contribution in [0.25, 0.3) is 22.8 Å². The van der Waals surface area contributed by atoms with Crippen molar-refractivity contribution in [2.45, 2.75) is 33.6 Å². The molecule has 0 aliphatic carbocycles. The first-order chi connectivity index (χ1) is 15.9. The zero-order valence-electron chi connectivity index (χ0n) is 18.8. The van der Waals surface area contributed by atoms with Gasteiger partial charge in [-0.05, 0) is 17.5 Å². The molecule has 4 aromatic rings. The molecular formula is C24H26N4O5. The highest BCUT2D eigenvalue weighted by Crippen LogP contribution is 2.17. The Balaban J connectivity index is 0.000000189. The van der Waals surface area contributed by atoms with E-state index in [0.29, 0.717) is 42.9 Å². The van der Waals surface area contributed by atoms with Gasteiger partial charge in [-0.1, -0.05) is 58.8 Å². The van der Waals surface area contributed by atoms with Gasteiger partial charge in [0.1, 0.15) is 0 Å². The van der Waals surface area contributed by atoms with E-state index in [-0.39, 0.29) is 12.6 Å². The van der Waals surface area contributed by atoms with Crippen LogP contribution in [0.4, 0.5) is 0 Å². The molecule has 9 heteroatoms. The van der Waals surface area contributed by atoms with Crippen LogP contribution in [-0.4, -0.2) is 44.6 Å². The Morgan fingerprint density at radius 1 is 0.818 bits per heavy atom. The smallest absolute Gasteiger partial charge is 0.302 e. The number of aliphatic hydroxyl groups excluding tert-OH is 1. The van der Waals surface area contributed by atoms with Crippen LogP contribution in [0.15, 0.2) is 57.6 Å². The molecule has 0 saturated carbocycles. The second-order valence-corrected chi connectivity index (χ2v) is 7.23. The molecule has 4 rings (SSSR count). The second-order valence-electron chi connectivity index (χ2n) is 7.23. The lowest BCUT2D eigenvalue weighted by molar-refractivity contribution is -0.140. The highest BCUT2D eigenvalue weighted by Gasteiger charge is 2.06. The lowest BCUT2D eigenvalue weighted by Crippen LogP contribution is -2.03. The molecule has 9 nitrogen and oxygen atoms in total. The van der Waals surface area contributed by atoms with Gasteiger partial charge in [0.05, 0.1) is 6.61 Å². The number of esters is 1. The molecule has 2 heterocycles. The highest BCUT2D eigenvalue weighted by atomic mass is 16.5. The van der Waals surface area contributed by atoms with E-state index < -0.39 is 0 Å². The van der Waals surface area contributed by atoms with Crippen LogP contribution in [-0.2, 0) is 22.4 Å². The van der Waals surface area contributed by atoms with Crippen molar-refractivity contribution < 1.29 is 23.7 Å². The minimum absolute atomic E-state index is 0.167. The SMILES string of the molecule is CC(=O)OCCc1ccc(-c2noc(C)n2)cc1.Cc1nc(-c2ccc(CCO)cc2)no1. The number of ether oxygens (including phenoxy) is 1. The van der Waals surface area contributed by atoms with E-state index in [1.165, 1.54) is 6.92 Å². The standard InChI is InChI=1S/C13H14N2O3.C11H12N2O2/c1-9-14-13(15-18-9)12-5-3-11(4-6-12)7-8-17-10(2)16;1-8-12-11(13-15-8)10-4-2-9(3-5-10)6-7-14/h3-6H,7-8H2,1-2H3;2-5,14H,6-7H2,1H3. The third-order valence-electron chi connectivity index (χ3n) is 4.58. The highest BCUT2D eigenvalue weighted by molar-refractivity contribution is 5.65. The van der Waals surface area contributed by atoms with Gasteiger partial charge in [-0.3, -0.25) is 4.79 Å². The van der Waals surface area contributed by atoms with Gasteiger partial charge in [-0.25, -0.2) is 0 Å². The maximum atomic E-state index is 10.6. The average molecular weight is 450 g/mol. The minimum atomic E-state index is -0.256. The van der Waals surface area contributed by atoms with E-state index in [1.54, 1.807) is 13.8 Å². The summed E-state index contributed by atoms with van der Waals surface area (Å²) in [6.45, 7) is 5.49. The number of hydrogen-bond acceptors (Lipinski definition) is 9. The number of aliphatic hydroxyl groups is 1. The lowest BCUT2D eigenvalue weighted by atomic mass is 10.1. The van der Waals surface area contributed by atoms with Crippen LogP contribution in [0.5, 0.6) is 0 Å². The molecule has 172 valence electrons. The maximum Gasteiger partial charge on any atom is 0.302 e. The Morgan fingerprint density at radius 3 is 1.64 bits per heavy atom. The van der Waals surface area contributed by atoms with Crippen molar-refractivity contribution in [1.82, 2.24) is 20.3 Å². The van der Waals surface area contributed by atoms with Gasteiger partial charge in [0.25, 0.3) is 0 Å². The monoisotopic (exact) mass is 450 g/mol. The van der Waals surface area contributed by atoms with Gasteiger partial charge < -0.3 is 18.9 Å². The molecule has 2 aromatic carbocycles. The Labute approximate surface area is 191 Å². The summed E-state index contributed by atoms with van der Waals surface area (Å²) in [5.74, 6) is 2.03. The van der Waals surface area contributed by atoms with Gasteiger partial charge >= 0.3 is 5.97 Å². The molecule has 0 radical (unpaired) electrons. The van der Waals surface area contributed by atoms with Crippen molar-refractivity contribution in [2.75, 3.05) is 13.2 Å². The summed E-state index contributed by atoms with van der Waals surface area (Å²) >= 11 is 0. The first-order valence-electron chi connectivity index (χ1n) is 10.5. The average Bonchev–Trinajstić information content (AvgIpc) is 3.44. The third-order valence-corrected chi connectivity index (χ3v) is 4.58. The quantitative estimate of drug-likeness (QED) is 0.419. The molecule has 0 atom stereocenters. The predicted molar refractivity (Wildman–Crippen MR) is 120 cm³/mol. The van der Waals surface area contributed by atoms with Crippen LogP contribution in [0, 0.1) is 13.8 Å². The summed E-state index contributed by atoms with van der Waals surface area (Å²) in [6, 6.07) is 15.5. The molecule has 33 heavy (non-hydrogen) atoms. The summed E-state index contributed by atoms with van der Waals surface area (Å²) in [5.41, 5.74) is 4.03. The van der Waals surface area contributed by atoms with Crippen LogP contribution in [0.1, 0.15) is 29.8 Å². The van der Waals surface area contributed by atoms with Gasteiger partial charge in [0.2, 0.25) is 23.4 Å². The zero-order chi connectivity index (χ0) is 23.6. The lowest BCUT2D eigenvalue weighted by Gasteiger charge is -2.02. The predicted octanol–water partition coefficient (Wildman–Crippen LogP) is 3.73. The van der Waals surface area contributed by atoms with Crippen molar-refractivity contribution in [3.63, 3.8) is 0 Å². The fraction of sp³-hybridized carbons (Fsp3) is 0.292. The fourth-order valence-electron chi connectivity index (χ4n) is 2.92. The Morgan fingerprint density at radius 2 is 1.27 bits per heavy atom. The maximum absolute atomic E-state index is 10.6. The number of aromatic nitrogens is 4. The molecule has 0 bridgehead atoms. The van der Waals surface area contributed by atoms with E-state index in [9.17, 15) is 4.79 Å². The molecule has 0 aliphatic heterocycles. The molecule has 0 amide bonds. The van der Waals surface area contributed by atoms with E-state index in [4.69, 9.17) is 18.9 Å². The van der Waals surface area contributed by atoms with Crippen LogP contribution >= 0.6 is 0 Å². The fourth-order valence-corrected chi connectivity index (χ4v) is 2.92. The van der Waals surface area contributed by atoms with E-state index in [2.05, 4.69) is 20.3 Å². The number of carbonyl (C=O) groups excluding carboxylic acids is 1. The molecule has 1 N–H and O–H groups in total. The summed E-state index contributed by atoms with van der Waals surface area (Å²) < 4.78 is 14.7. The third kappa shape index (κ3) is 7.36. The van der Waals surface area contributed by atoms with Crippen molar-refractivity contribution in [3.05, 3.63) is 71.4 Å². The summed E-state index contributed by atoms with van der Waals surface area (Å²) in [6.07, 6.45) is 1.37. The number of hydrogen-bond donors (Lipinski definition) is 1. The number of benzene rings is 2.